The molecule has 1 nitrogen and oxygen atoms in total. The Morgan fingerprint density at radius 3 is 1.25 bits per heavy atom. The minimum atomic E-state index is 1.11. The molecule has 0 bridgehead atoms. The van der Waals surface area contributed by atoms with Crippen LogP contribution in [-0.2, 0) is 0 Å². The van der Waals surface area contributed by atoms with Crippen molar-refractivity contribution in [3.05, 3.63) is 212 Å². The van der Waals surface area contributed by atoms with Crippen molar-refractivity contribution >= 4 is 38.6 Å². The first-order valence-corrected chi connectivity index (χ1v) is 17.5. The molecule has 0 aliphatic carbocycles. The summed E-state index contributed by atoms with van der Waals surface area (Å²) < 4.78 is 0. The van der Waals surface area contributed by atoms with E-state index in [-0.39, 0.29) is 0 Å². The molecule has 9 rings (SSSR count). The molecular formula is C50H35N. The number of anilines is 3. The number of rotatable bonds is 7. The van der Waals surface area contributed by atoms with Crippen LogP contribution >= 0.6 is 0 Å². The molecule has 0 N–H and O–H groups in total. The topological polar surface area (TPSA) is 3.24 Å². The molecule has 0 amide bonds. The number of para-hydroxylation sites is 1. The van der Waals surface area contributed by atoms with Gasteiger partial charge in [-0.15, -0.1) is 0 Å². The van der Waals surface area contributed by atoms with Crippen LogP contribution in [0.15, 0.2) is 212 Å². The molecule has 0 unspecified atom stereocenters. The quantitative estimate of drug-likeness (QED) is 0.155. The summed E-state index contributed by atoms with van der Waals surface area (Å²) >= 11 is 0. The molecule has 0 aromatic heterocycles. The van der Waals surface area contributed by atoms with Crippen LogP contribution in [-0.4, -0.2) is 0 Å². The monoisotopic (exact) mass is 649 g/mol. The van der Waals surface area contributed by atoms with Crippen LogP contribution < -0.4 is 4.90 Å². The van der Waals surface area contributed by atoms with E-state index in [4.69, 9.17) is 0 Å². The molecule has 0 saturated carbocycles. The highest BCUT2D eigenvalue weighted by Gasteiger charge is 2.18. The maximum atomic E-state index is 2.38. The van der Waals surface area contributed by atoms with Crippen molar-refractivity contribution in [3.8, 4) is 44.5 Å². The largest absolute Gasteiger partial charge is 0.310 e. The second-order valence-corrected chi connectivity index (χ2v) is 12.9. The molecule has 0 fully saturated rings. The Morgan fingerprint density at radius 1 is 0.216 bits per heavy atom. The Bertz CT molecular complexity index is 2590. The van der Waals surface area contributed by atoms with E-state index in [1.165, 1.54) is 66.1 Å². The molecule has 0 spiro atoms. The molecule has 0 aliphatic heterocycles. The highest BCUT2D eigenvalue weighted by Crippen LogP contribution is 2.45. The molecular weight excluding hydrogens is 615 g/mol. The maximum Gasteiger partial charge on any atom is 0.0467 e. The number of hydrogen-bond acceptors (Lipinski definition) is 1. The van der Waals surface area contributed by atoms with Crippen molar-refractivity contribution in [2.24, 2.45) is 0 Å². The lowest BCUT2D eigenvalue weighted by molar-refractivity contribution is 1.28. The van der Waals surface area contributed by atoms with Crippen molar-refractivity contribution < 1.29 is 0 Å². The SMILES string of the molecule is c1ccc(-c2cccc(N(c3ccccc3)c3ccc(-c4ccc5c(-c6ccccc6)c(-c6ccccc6)c6ccccc6c5c4)cc3)c2)cc1. The van der Waals surface area contributed by atoms with Gasteiger partial charge < -0.3 is 4.90 Å². The molecule has 0 atom stereocenters. The van der Waals surface area contributed by atoms with E-state index in [0.29, 0.717) is 0 Å². The summed E-state index contributed by atoms with van der Waals surface area (Å²) in [4.78, 5) is 2.33. The summed E-state index contributed by atoms with van der Waals surface area (Å²) in [5.41, 5.74) is 13.1. The number of benzene rings is 9. The zero-order valence-electron chi connectivity index (χ0n) is 28.2. The molecule has 9 aromatic carbocycles. The first-order valence-electron chi connectivity index (χ1n) is 17.5. The first-order chi connectivity index (χ1) is 25.3. The van der Waals surface area contributed by atoms with Crippen LogP contribution in [0.5, 0.6) is 0 Å². The third-order valence-electron chi connectivity index (χ3n) is 9.84. The highest BCUT2D eigenvalue weighted by molar-refractivity contribution is 6.22. The molecule has 0 radical (unpaired) electrons. The third-order valence-corrected chi connectivity index (χ3v) is 9.84. The normalized spacial score (nSPS) is 11.1. The molecule has 0 saturated heterocycles. The van der Waals surface area contributed by atoms with E-state index in [2.05, 4.69) is 217 Å². The van der Waals surface area contributed by atoms with Crippen LogP contribution in [0.3, 0.4) is 0 Å². The van der Waals surface area contributed by atoms with Crippen LogP contribution in [0.1, 0.15) is 0 Å². The van der Waals surface area contributed by atoms with Gasteiger partial charge in [-0.2, -0.15) is 0 Å². The molecule has 1 heteroatoms. The summed E-state index contributed by atoms with van der Waals surface area (Å²) in [6, 6.07) is 76.5. The van der Waals surface area contributed by atoms with Crippen LogP contribution in [0.4, 0.5) is 17.1 Å². The zero-order valence-corrected chi connectivity index (χ0v) is 28.2. The molecule has 240 valence electrons. The van der Waals surface area contributed by atoms with Gasteiger partial charge in [-0.3, -0.25) is 0 Å². The predicted molar refractivity (Wildman–Crippen MR) is 218 cm³/mol. The van der Waals surface area contributed by atoms with Gasteiger partial charge in [0.2, 0.25) is 0 Å². The van der Waals surface area contributed by atoms with E-state index in [9.17, 15) is 0 Å². The van der Waals surface area contributed by atoms with Crippen LogP contribution in [0, 0.1) is 0 Å². The fourth-order valence-electron chi connectivity index (χ4n) is 7.46. The fourth-order valence-corrected chi connectivity index (χ4v) is 7.46. The van der Waals surface area contributed by atoms with E-state index < -0.39 is 0 Å². The second-order valence-electron chi connectivity index (χ2n) is 12.9. The Balaban J connectivity index is 1.17. The minimum absolute atomic E-state index is 1.11. The maximum absolute atomic E-state index is 2.38. The Morgan fingerprint density at radius 2 is 0.627 bits per heavy atom. The summed E-state index contributed by atoms with van der Waals surface area (Å²) in [6.07, 6.45) is 0. The lowest BCUT2D eigenvalue weighted by Crippen LogP contribution is -2.09. The van der Waals surface area contributed by atoms with Gasteiger partial charge in [0.25, 0.3) is 0 Å². The third kappa shape index (κ3) is 5.75. The summed E-state index contributed by atoms with van der Waals surface area (Å²) in [5.74, 6) is 0. The number of hydrogen-bond donors (Lipinski definition) is 0. The molecule has 51 heavy (non-hydrogen) atoms. The Kier molecular flexibility index (Phi) is 7.92. The average molecular weight is 650 g/mol. The van der Waals surface area contributed by atoms with Gasteiger partial charge in [0.15, 0.2) is 0 Å². The van der Waals surface area contributed by atoms with E-state index in [0.717, 1.165) is 17.1 Å². The standard InChI is InChI=1S/C50H35N/c1-5-16-36(17-6-1)40-22-15-25-44(34-40)51(42-23-11-4-12-24-42)43-31-28-37(29-32-43)41-30-33-47-48(35-41)45-26-13-14-27-46(45)49(38-18-7-2-8-19-38)50(47)39-20-9-3-10-21-39/h1-35H. The van der Waals surface area contributed by atoms with Gasteiger partial charge in [-0.05, 0) is 109 Å². The van der Waals surface area contributed by atoms with Gasteiger partial charge in [0.05, 0.1) is 0 Å². The van der Waals surface area contributed by atoms with Gasteiger partial charge in [-0.25, -0.2) is 0 Å². The lowest BCUT2D eigenvalue weighted by Gasteiger charge is -2.26. The van der Waals surface area contributed by atoms with E-state index >= 15 is 0 Å². The lowest BCUT2D eigenvalue weighted by atomic mass is 9.84. The zero-order chi connectivity index (χ0) is 34.0. The van der Waals surface area contributed by atoms with Crippen molar-refractivity contribution in [2.45, 2.75) is 0 Å². The molecule has 0 heterocycles. The van der Waals surface area contributed by atoms with Gasteiger partial charge in [-0.1, -0.05) is 170 Å². The number of nitrogens with zero attached hydrogens (tertiary/aromatic N) is 1. The highest BCUT2D eigenvalue weighted by atomic mass is 15.1. The van der Waals surface area contributed by atoms with Crippen molar-refractivity contribution in [2.75, 3.05) is 4.90 Å². The van der Waals surface area contributed by atoms with Crippen LogP contribution in [0.25, 0.3) is 66.1 Å². The van der Waals surface area contributed by atoms with E-state index in [1.54, 1.807) is 0 Å². The van der Waals surface area contributed by atoms with Crippen molar-refractivity contribution in [1.29, 1.82) is 0 Å². The summed E-state index contributed by atoms with van der Waals surface area (Å²) in [6.45, 7) is 0. The average Bonchev–Trinajstić information content (AvgIpc) is 3.22. The van der Waals surface area contributed by atoms with Crippen molar-refractivity contribution in [1.82, 2.24) is 0 Å². The van der Waals surface area contributed by atoms with Gasteiger partial charge >= 0.3 is 0 Å². The van der Waals surface area contributed by atoms with Crippen LogP contribution in [0.2, 0.25) is 0 Å². The smallest absolute Gasteiger partial charge is 0.0467 e. The fraction of sp³-hybridized carbons (Fsp3) is 0. The Labute approximate surface area is 299 Å². The molecule has 0 aliphatic rings. The number of fused-ring (bicyclic) bond motifs is 3. The predicted octanol–water partition coefficient (Wildman–Crippen LogP) is 14.1. The van der Waals surface area contributed by atoms with Gasteiger partial charge in [0, 0.05) is 17.1 Å². The first kappa shape index (κ1) is 30.4. The summed E-state index contributed by atoms with van der Waals surface area (Å²) in [5, 5.41) is 5.04. The van der Waals surface area contributed by atoms with E-state index in [1.807, 2.05) is 0 Å². The second kappa shape index (κ2) is 13.3. The van der Waals surface area contributed by atoms with Gasteiger partial charge in [0.1, 0.15) is 0 Å². The molecule has 9 aromatic rings. The minimum Gasteiger partial charge on any atom is -0.310 e. The van der Waals surface area contributed by atoms with Crippen molar-refractivity contribution in [3.63, 3.8) is 0 Å². The summed E-state index contributed by atoms with van der Waals surface area (Å²) in [7, 11) is 0. The Hall–Kier alpha value is -6.70.